The van der Waals surface area contributed by atoms with Crippen molar-refractivity contribution < 1.29 is 35.5 Å². The summed E-state index contributed by atoms with van der Waals surface area (Å²) >= 11 is 6.01. The summed E-state index contributed by atoms with van der Waals surface area (Å²) in [6.07, 6.45) is -4.43. The summed E-state index contributed by atoms with van der Waals surface area (Å²) in [6.45, 7) is 0.814. The molecule has 0 spiro atoms. The molecule has 0 saturated carbocycles. The monoisotopic (exact) mass is 531 g/mol. The largest absolute Gasteiger partial charge is 0.480 e. The number of sulfone groups is 1. The quantitative estimate of drug-likeness (QED) is 0.451. The van der Waals surface area contributed by atoms with Crippen molar-refractivity contribution in [3.8, 4) is 11.4 Å². The maximum absolute atomic E-state index is 13.8. The van der Waals surface area contributed by atoms with Crippen LogP contribution >= 0.6 is 11.6 Å². The molecular weight excluding hydrogens is 514 g/mol. The molecule has 1 atom stereocenters. The number of nitrogens with zero attached hydrogens (tertiary/aromatic N) is 3. The predicted octanol–water partition coefficient (Wildman–Crippen LogP) is 4.55. The first-order valence-electron chi connectivity index (χ1n) is 10.1. The van der Waals surface area contributed by atoms with Gasteiger partial charge in [-0.2, -0.15) is 18.3 Å². The smallest absolute Gasteiger partial charge is 0.425 e. The van der Waals surface area contributed by atoms with Crippen LogP contribution in [0.1, 0.15) is 28.5 Å². The van der Waals surface area contributed by atoms with E-state index in [1.54, 1.807) is 12.3 Å². The number of alkyl halides is 3. The van der Waals surface area contributed by atoms with Crippen molar-refractivity contribution in [1.29, 1.82) is 0 Å². The van der Waals surface area contributed by atoms with Crippen LogP contribution in [0.15, 0.2) is 47.5 Å². The van der Waals surface area contributed by atoms with Crippen LogP contribution < -0.4 is 4.74 Å². The number of carbonyl (C=O) groups excluding carboxylic acids is 1. The van der Waals surface area contributed by atoms with E-state index in [0.29, 0.717) is 16.9 Å². The van der Waals surface area contributed by atoms with E-state index in [2.05, 4.69) is 5.10 Å². The number of halogens is 5. The molecule has 1 aliphatic heterocycles. The molecule has 186 valence electrons. The SMILES string of the molecule is C[C@H](Oc1ccc(S(C)(=O)=O)cc1C(=O)N1Cc2cn(-c3cccc(F)c3Cl)nc2C1)C(F)(F)F. The number of benzene rings is 2. The second-order valence-electron chi connectivity index (χ2n) is 8.01. The zero-order valence-electron chi connectivity index (χ0n) is 18.3. The van der Waals surface area contributed by atoms with Gasteiger partial charge in [0.05, 0.1) is 28.4 Å². The summed E-state index contributed by atoms with van der Waals surface area (Å²) in [4.78, 5) is 14.3. The molecule has 13 heteroatoms. The minimum atomic E-state index is -4.69. The first-order chi connectivity index (χ1) is 16.3. The Bertz CT molecular complexity index is 1400. The molecule has 35 heavy (non-hydrogen) atoms. The fourth-order valence-corrected chi connectivity index (χ4v) is 4.39. The number of ether oxygens (including phenoxy) is 1. The molecule has 1 amide bonds. The maximum atomic E-state index is 13.8. The zero-order valence-corrected chi connectivity index (χ0v) is 19.9. The van der Waals surface area contributed by atoms with Gasteiger partial charge in [0.1, 0.15) is 16.6 Å². The molecule has 0 radical (unpaired) electrons. The summed E-state index contributed by atoms with van der Waals surface area (Å²) in [7, 11) is -3.75. The topological polar surface area (TPSA) is 81.5 Å². The van der Waals surface area contributed by atoms with Crippen molar-refractivity contribution >= 4 is 27.3 Å². The third-order valence-electron chi connectivity index (χ3n) is 5.42. The molecule has 1 aromatic heterocycles. The van der Waals surface area contributed by atoms with E-state index in [-0.39, 0.29) is 28.6 Å². The molecule has 2 aromatic carbocycles. The van der Waals surface area contributed by atoms with Crippen molar-refractivity contribution in [2.24, 2.45) is 0 Å². The highest BCUT2D eigenvalue weighted by Crippen LogP contribution is 2.33. The molecule has 2 heterocycles. The van der Waals surface area contributed by atoms with Crippen LogP contribution in [-0.4, -0.2) is 47.5 Å². The Morgan fingerprint density at radius 2 is 1.91 bits per heavy atom. The molecule has 0 fully saturated rings. The summed E-state index contributed by atoms with van der Waals surface area (Å²) in [6, 6.07) is 7.35. The molecule has 0 N–H and O–H groups in total. The molecular formula is C22H18ClF4N3O4S. The van der Waals surface area contributed by atoms with Crippen molar-refractivity contribution in [2.75, 3.05) is 6.26 Å². The van der Waals surface area contributed by atoms with Crippen LogP contribution in [0.5, 0.6) is 5.75 Å². The van der Waals surface area contributed by atoms with Gasteiger partial charge in [-0.05, 0) is 37.3 Å². The Morgan fingerprint density at radius 1 is 1.20 bits per heavy atom. The summed E-state index contributed by atoms with van der Waals surface area (Å²) in [5, 5.41) is 4.22. The van der Waals surface area contributed by atoms with E-state index in [9.17, 15) is 30.8 Å². The highest BCUT2D eigenvalue weighted by Gasteiger charge is 2.39. The van der Waals surface area contributed by atoms with Gasteiger partial charge in [-0.25, -0.2) is 17.5 Å². The lowest BCUT2D eigenvalue weighted by Crippen LogP contribution is -2.33. The van der Waals surface area contributed by atoms with E-state index in [1.807, 2.05) is 0 Å². The van der Waals surface area contributed by atoms with Crippen molar-refractivity contribution in [3.05, 3.63) is 70.3 Å². The third-order valence-corrected chi connectivity index (χ3v) is 6.90. The van der Waals surface area contributed by atoms with Crippen LogP contribution in [-0.2, 0) is 22.9 Å². The van der Waals surface area contributed by atoms with E-state index < -0.39 is 39.6 Å². The van der Waals surface area contributed by atoms with Crippen LogP contribution in [0.3, 0.4) is 0 Å². The van der Waals surface area contributed by atoms with Gasteiger partial charge in [0.25, 0.3) is 5.91 Å². The maximum Gasteiger partial charge on any atom is 0.425 e. The van der Waals surface area contributed by atoms with Gasteiger partial charge in [0.2, 0.25) is 0 Å². The van der Waals surface area contributed by atoms with E-state index in [4.69, 9.17) is 16.3 Å². The first-order valence-corrected chi connectivity index (χ1v) is 12.4. The lowest BCUT2D eigenvalue weighted by molar-refractivity contribution is -0.189. The van der Waals surface area contributed by atoms with Gasteiger partial charge in [0, 0.05) is 24.6 Å². The van der Waals surface area contributed by atoms with Gasteiger partial charge < -0.3 is 9.64 Å². The number of fused-ring (bicyclic) bond motifs is 1. The van der Waals surface area contributed by atoms with Crippen LogP contribution in [0, 0.1) is 5.82 Å². The second kappa shape index (κ2) is 8.83. The molecule has 0 aliphatic carbocycles. The highest BCUT2D eigenvalue weighted by molar-refractivity contribution is 7.90. The predicted molar refractivity (Wildman–Crippen MR) is 118 cm³/mol. The number of aromatic nitrogens is 2. The lowest BCUT2D eigenvalue weighted by atomic mass is 10.1. The van der Waals surface area contributed by atoms with Crippen molar-refractivity contribution in [1.82, 2.24) is 14.7 Å². The summed E-state index contributed by atoms with van der Waals surface area (Å²) in [5.41, 5.74) is 1.07. The molecule has 1 aliphatic rings. The fourth-order valence-electron chi connectivity index (χ4n) is 3.53. The standard InChI is InChI=1S/C22H18ClF4N3O4S/c1-12(22(25,26)27)34-19-7-6-14(35(2,32)33)8-15(19)21(31)29-9-13-10-30(28-17(13)11-29)18-5-3-4-16(24)20(18)23/h3-8,10,12H,9,11H2,1-2H3/t12-/m0/s1. The molecule has 0 unspecified atom stereocenters. The van der Waals surface area contributed by atoms with Crippen LogP contribution in [0.4, 0.5) is 17.6 Å². The summed E-state index contributed by atoms with van der Waals surface area (Å²) in [5.74, 6) is -1.75. The fraction of sp³-hybridized carbons (Fsp3) is 0.273. The average molecular weight is 532 g/mol. The highest BCUT2D eigenvalue weighted by atomic mass is 35.5. The number of carbonyl (C=O) groups is 1. The minimum absolute atomic E-state index is 0.00846. The molecule has 0 bridgehead atoms. The summed E-state index contributed by atoms with van der Waals surface area (Å²) < 4.78 is 83.3. The van der Waals surface area contributed by atoms with Gasteiger partial charge in [-0.3, -0.25) is 4.79 Å². The number of hydrogen-bond donors (Lipinski definition) is 0. The number of rotatable bonds is 5. The van der Waals surface area contributed by atoms with Crippen molar-refractivity contribution in [2.45, 2.75) is 37.2 Å². The van der Waals surface area contributed by atoms with Crippen molar-refractivity contribution in [3.63, 3.8) is 0 Å². The molecule has 4 rings (SSSR count). The lowest BCUT2D eigenvalue weighted by Gasteiger charge is -2.22. The van der Waals surface area contributed by atoms with Gasteiger partial charge in [-0.15, -0.1) is 0 Å². The Labute approximate surface area is 202 Å². The Morgan fingerprint density at radius 3 is 2.54 bits per heavy atom. The second-order valence-corrected chi connectivity index (χ2v) is 10.4. The van der Waals surface area contributed by atoms with Crippen LogP contribution in [0.2, 0.25) is 5.02 Å². The average Bonchev–Trinajstić information content (AvgIpc) is 3.33. The van der Waals surface area contributed by atoms with Gasteiger partial charge in [0.15, 0.2) is 15.9 Å². The van der Waals surface area contributed by atoms with Crippen LogP contribution in [0.25, 0.3) is 5.69 Å². The van der Waals surface area contributed by atoms with E-state index >= 15 is 0 Å². The third kappa shape index (κ3) is 4.98. The molecule has 0 saturated heterocycles. The normalized spacial score (nSPS) is 14.7. The molecule has 3 aromatic rings. The number of amides is 1. The van der Waals surface area contributed by atoms with Gasteiger partial charge >= 0.3 is 6.18 Å². The first kappa shape index (κ1) is 25.0. The Kier molecular flexibility index (Phi) is 6.30. The zero-order chi connectivity index (χ0) is 25.7. The van der Waals surface area contributed by atoms with E-state index in [1.165, 1.54) is 21.7 Å². The minimum Gasteiger partial charge on any atom is -0.480 e. The molecule has 7 nitrogen and oxygen atoms in total. The van der Waals surface area contributed by atoms with Gasteiger partial charge in [-0.1, -0.05) is 17.7 Å². The Hall–Kier alpha value is -3.12. The van der Waals surface area contributed by atoms with E-state index in [0.717, 1.165) is 31.4 Å². The Balaban J connectivity index is 1.63. The number of hydrogen-bond acceptors (Lipinski definition) is 5.